The number of piperidine rings is 1. The van der Waals surface area contributed by atoms with E-state index in [1.165, 1.54) is 6.42 Å². The van der Waals surface area contributed by atoms with Crippen LogP contribution in [0.4, 0.5) is 0 Å². The summed E-state index contributed by atoms with van der Waals surface area (Å²) in [5.41, 5.74) is 0.958. The number of amides is 1. The quantitative estimate of drug-likeness (QED) is 0.781. The summed E-state index contributed by atoms with van der Waals surface area (Å²) in [4.78, 5) is 14.4. The van der Waals surface area contributed by atoms with Gasteiger partial charge in [0, 0.05) is 24.5 Å². The van der Waals surface area contributed by atoms with Gasteiger partial charge >= 0.3 is 0 Å². The average Bonchev–Trinajstić information content (AvgIpc) is 2.48. The summed E-state index contributed by atoms with van der Waals surface area (Å²) in [6.45, 7) is 1.72. The van der Waals surface area contributed by atoms with Gasteiger partial charge in [-0.25, -0.2) is 0 Å². The Hall–Kier alpha value is -1.22. The van der Waals surface area contributed by atoms with E-state index in [1.54, 1.807) is 7.11 Å². The summed E-state index contributed by atoms with van der Waals surface area (Å²) < 4.78 is 5.31. The Bertz CT molecular complexity index is 448. The van der Waals surface area contributed by atoms with Crippen LogP contribution in [0.3, 0.4) is 0 Å². The standard InChI is InChI=1S/C16H22ClNO2/c1-20-15-7-3-2-6-14(15)11-16(19)18-10-4-5-13(12-18)8-9-17/h2-3,6-7,13H,4-5,8-12H2,1H3. The van der Waals surface area contributed by atoms with Crippen molar-refractivity contribution in [3.8, 4) is 5.75 Å². The van der Waals surface area contributed by atoms with Gasteiger partial charge in [-0.05, 0) is 31.2 Å². The van der Waals surface area contributed by atoms with Crippen molar-refractivity contribution < 1.29 is 9.53 Å². The Morgan fingerprint density at radius 1 is 1.45 bits per heavy atom. The summed E-state index contributed by atoms with van der Waals surface area (Å²) in [6.07, 6.45) is 3.68. The molecule has 1 saturated heterocycles. The van der Waals surface area contributed by atoms with Crippen LogP contribution in [0.2, 0.25) is 0 Å². The van der Waals surface area contributed by atoms with Crippen LogP contribution >= 0.6 is 11.6 Å². The van der Waals surface area contributed by atoms with Crippen LogP contribution in [0, 0.1) is 5.92 Å². The van der Waals surface area contributed by atoms with Gasteiger partial charge in [0.15, 0.2) is 0 Å². The summed E-state index contributed by atoms with van der Waals surface area (Å²) in [5.74, 6) is 2.21. The smallest absolute Gasteiger partial charge is 0.227 e. The van der Waals surface area contributed by atoms with E-state index in [-0.39, 0.29) is 5.91 Å². The maximum Gasteiger partial charge on any atom is 0.227 e. The molecule has 1 aliphatic heterocycles. The largest absolute Gasteiger partial charge is 0.496 e. The molecule has 110 valence electrons. The molecule has 0 N–H and O–H groups in total. The first-order valence-corrected chi connectivity index (χ1v) is 7.73. The lowest BCUT2D eigenvalue weighted by molar-refractivity contribution is -0.132. The number of ether oxygens (including phenoxy) is 1. The van der Waals surface area contributed by atoms with Crippen LogP contribution < -0.4 is 4.74 Å². The average molecular weight is 296 g/mol. The first-order valence-electron chi connectivity index (χ1n) is 7.20. The molecule has 1 unspecified atom stereocenters. The first-order chi connectivity index (χ1) is 9.74. The predicted octanol–water partition coefficient (Wildman–Crippen LogP) is 3.11. The molecule has 1 aromatic carbocycles. The third-order valence-corrected chi connectivity index (χ3v) is 4.14. The van der Waals surface area contributed by atoms with Gasteiger partial charge in [0.05, 0.1) is 13.5 Å². The van der Waals surface area contributed by atoms with E-state index in [4.69, 9.17) is 16.3 Å². The van der Waals surface area contributed by atoms with E-state index < -0.39 is 0 Å². The second-order valence-electron chi connectivity index (χ2n) is 5.31. The number of carbonyl (C=O) groups excluding carboxylic acids is 1. The molecule has 1 aromatic rings. The SMILES string of the molecule is COc1ccccc1CC(=O)N1CCCC(CCCl)C1. The van der Waals surface area contributed by atoms with Gasteiger partial charge in [-0.15, -0.1) is 11.6 Å². The second-order valence-corrected chi connectivity index (χ2v) is 5.69. The normalized spacial score (nSPS) is 18.9. The monoisotopic (exact) mass is 295 g/mol. The molecule has 0 aromatic heterocycles. The van der Waals surface area contributed by atoms with E-state index in [1.807, 2.05) is 29.2 Å². The Kier molecular flexibility index (Phi) is 5.72. The Labute approximate surface area is 125 Å². The van der Waals surface area contributed by atoms with Gasteiger partial charge in [0.1, 0.15) is 5.75 Å². The zero-order valence-electron chi connectivity index (χ0n) is 12.0. The van der Waals surface area contributed by atoms with Crippen molar-refractivity contribution in [2.24, 2.45) is 5.92 Å². The van der Waals surface area contributed by atoms with Gasteiger partial charge in [-0.3, -0.25) is 4.79 Å². The van der Waals surface area contributed by atoms with E-state index in [0.29, 0.717) is 18.2 Å². The zero-order chi connectivity index (χ0) is 14.4. The van der Waals surface area contributed by atoms with Gasteiger partial charge in [-0.2, -0.15) is 0 Å². The highest BCUT2D eigenvalue weighted by atomic mass is 35.5. The molecule has 2 rings (SSSR count). The summed E-state index contributed by atoms with van der Waals surface area (Å²) >= 11 is 5.81. The number of carbonyl (C=O) groups is 1. The summed E-state index contributed by atoms with van der Waals surface area (Å²) in [6, 6.07) is 7.72. The molecule has 1 amide bonds. The van der Waals surface area contributed by atoms with Gasteiger partial charge < -0.3 is 9.64 Å². The van der Waals surface area contributed by atoms with Crippen LogP contribution in [-0.4, -0.2) is 36.9 Å². The van der Waals surface area contributed by atoms with Crippen LogP contribution in [0.25, 0.3) is 0 Å². The van der Waals surface area contributed by atoms with Crippen molar-refractivity contribution in [3.63, 3.8) is 0 Å². The third-order valence-electron chi connectivity index (χ3n) is 3.92. The van der Waals surface area contributed by atoms with Gasteiger partial charge in [0.2, 0.25) is 5.91 Å². The van der Waals surface area contributed by atoms with Crippen molar-refractivity contribution in [2.75, 3.05) is 26.1 Å². The number of hydrogen-bond donors (Lipinski definition) is 0. The number of benzene rings is 1. The maximum atomic E-state index is 12.4. The van der Waals surface area contributed by atoms with Gasteiger partial charge in [-0.1, -0.05) is 18.2 Å². The summed E-state index contributed by atoms with van der Waals surface area (Å²) in [5, 5.41) is 0. The Morgan fingerprint density at radius 2 is 2.25 bits per heavy atom. The molecule has 0 bridgehead atoms. The van der Waals surface area contributed by atoms with E-state index in [0.717, 1.165) is 37.2 Å². The van der Waals surface area contributed by atoms with Crippen molar-refractivity contribution >= 4 is 17.5 Å². The minimum absolute atomic E-state index is 0.189. The molecular formula is C16H22ClNO2. The Balaban J connectivity index is 1.97. The lowest BCUT2D eigenvalue weighted by atomic mass is 9.95. The molecular weight excluding hydrogens is 274 g/mol. The number of alkyl halides is 1. The number of halogens is 1. The number of hydrogen-bond acceptors (Lipinski definition) is 2. The van der Waals surface area contributed by atoms with E-state index >= 15 is 0 Å². The minimum Gasteiger partial charge on any atom is -0.496 e. The molecule has 0 saturated carbocycles. The number of methoxy groups -OCH3 is 1. The molecule has 0 aliphatic carbocycles. The fraction of sp³-hybridized carbons (Fsp3) is 0.562. The first kappa shape index (κ1) is 15.2. The number of rotatable bonds is 5. The number of para-hydroxylation sites is 1. The van der Waals surface area contributed by atoms with Crippen molar-refractivity contribution in [1.82, 2.24) is 4.90 Å². The highest BCUT2D eigenvalue weighted by Crippen LogP contribution is 2.23. The molecule has 3 nitrogen and oxygen atoms in total. The van der Waals surface area contributed by atoms with Crippen molar-refractivity contribution in [1.29, 1.82) is 0 Å². The minimum atomic E-state index is 0.189. The third kappa shape index (κ3) is 3.89. The van der Waals surface area contributed by atoms with Crippen molar-refractivity contribution in [2.45, 2.75) is 25.7 Å². The molecule has 4 heteroatoms. The van der Waals surface area contributed by atoms with Crippen LogP contribution in [0.5, 0.6) is 5.75 Å². The van der Waals surface area contributed by atoms with Crippen LogP contribution in [0.1, 0.15) is 24.8 Å². The number of nitrogens with zero attached hydrogens (tertiary/aromatic N) is 1. The van der Waals surface area contributed by atoms with Crippen molar-refractivity contribution in [3.05, 3.63) is 29.8 Å². The fourth-order valence-electron chi connectivity index (χ4n) is 2.81. The van der Waals surface area contributed by atoms with Crippen LogP contribution in [0.15, 0.2) is 24.3 Å². The maximum absolute atomic E-state index is 12.4. The topological polar surface area (TPSA) is 29.5 Å². The highest BCUT2D eigenvalue weighted by molar-refractivity contribution is 6.17. The highest BCUT2D eigenvalue weighted by Gasteiger charge is 2.23. The molecule has 1 aliphatic rings. The molecule has 1 atom stereocenters. The lowest BCUT2D eigenvalue weighted by Crippen LogP contribution is -2.40. The van der Waals surface area contributed by atoms with Gasteiger partial charge in [0.25, 0.3) is 0 Å². The predicted molar refractivity (Wildman–Crippen MR) is 81.3 cm³/mol. The van der Waals surface area contributed by atoms with Crippen LogP contribution in [-0.2, 0) is 11.2 Å². The van der Waals surface area contributed by atoms with E-state index in [2.05, 4.69) is 0 Å². The zero-order valence-corrected chi connectivity index (χ0v) is 12.7. The number of likely N-dealkylation sites (tertiary alicyclic amines) is 1. The second kappa shape index (κ2) is 7.53. The fourth-order valence-corrected chi connectivity index (χ4v) is 3.11. The van der Waals surface area contributed by atoms with E-state index in [9.17, 15) is 4.79 Å². The molecule has 1 fully saturated rings. The Morgan fingerprint density at radius 3 is 3.00 bits per heavy atom. The molecule has 0 radical (unpaired) electrons. The molecule has 20 heavy (non-hydrogen) atoms. The molecule has 0 spiro atoms. The summed E-state index contributed by atoms with van der Waals surface area (Å²) in [7, 11) is 1.64. The lowest BCUT2D eigenvalue weighted by Gasteiger charge is -2.32. The molecule has 1 heterocycles.